The fourth-order valence-corrected chi connectivity index (χ4v) is 5.49. The monoisotopic (exact) mass is 421 g/mol. The zero-order valence-corrected chi connectivity index (χ0v) is 17.6. The lowest BCUT2D eigenvalue weighted by atomic mass is 9.86. The van der Waals surface area contributed by atoms with Gasteiger partial charge in [0, 0.05) is 28.9 Å². The molecule has 0 bridgehead atoms. The molecule has 2 heterocycles. The molecule has 3 rings (SSSR count). The predicted molar refractivity (Wildman–Crippen MR) is 115 cm³/mol. The number of rotatable bonds is 8. The summed E-state index contributed by atoms with van der Waals surface area (Å²) in [5.74, 6) is -0.100. The van der Waals surface area contributed by atoms with Gasteiger partial charge in [-0.2, -0.15) is 0 Å². The molecule has 2 aliphatic rings. The second-order valence-electron chi connectivity index (χ2n) is 6.31. The van der Waals surface area contributed by atoms with E-state index in [0.717, 1.165) is 32.9 Å². The Balaban J connectivity index is 1.86. The minimum atomic E-state index is -0.144. The Kier molecular flexibility index (Phi) is 6.77. The van der Waals surface area contributed by atoms with E-state index < -0.39 is 0 Å². The molecule has 0 spiro atoms. The zero-order chi connectivity index (χ0) is 20.3. The first-order valence-corrected chi connectivity index (χ1v) is 11.0. The van der Waals surface area contributed by atoms with Crippen LogP contribution in [0.25, 0.3) is 5.57 Å². The molecule has 150 valence electrons. The van der Waals surface area contributed by atoms with Crippen LogP contribution in [0, 0.1) is 0 Å². The third-order valence-electron chi connectivity index (χ3n) is 4.73. The summed E-state index contributed by atoms with van der Waals surface area (Å²) in [7, 11) is 0. The number of thioether (sulfide) groups is 1. The van der Waals surface area contributed by atoms with Gasteiger partial charge in [-0.3, -0.25) is 4.79 Å². The van der Waals surface area contributed by atoms with Crippen molar-refractivity contribution in [2.75, 3.05) is 44.3 Å². The first kappa shape index (κ1) is 20.9. The number of hydrogen-bond acceptors (Lipinski definition) is 7. The molecule has 0 amide bonds. The van der Waals surface area contributed by atoms with E-state index >= 15 is 0 Å². The third kappa shape index (κ3) is 3.82. The minimum Gasteiger partial charge on any atom is -0.506 e. The number of anilines is 1. The Morgan fingerprint density at radius 3 is 2.50 bits per heavy atom. The van der Waals surface area contributed by atoms with Crippen molar-refractivity contribution in [1.82, 2.24) is 0 Å². The molecule has 0 aromatic carbocycles. The van der Waals surface area contributed by atoms with Crippen molar-refractivity contribution >= 4 is 44.5 Å². The van der Waals surface area contributed by atoms with E-state index in [1.54, 1.807) is 0 Å². The van der Waals surface area contributed by atoms with Crippen LogP contribution in [0.2, 0.25) is 0 Å². The van der Waals surface area contributed by atoms with Crippen LogP contribution < -0.4 is 4.90 Å². The van der Waals surface area contributed by atoms with Gasteiger partial charge in [0.25, 0.3) is 0 Å². The molecule has 1 aromatic rings. The normalized spacial score (nSPS) is 20.8. The number of nitrogens with zero attached hydrogens (tertiary/aromatic N) is 2. The molecule has 0 saturated heterocycles. The van der Waals surface area contributed by atoms with E-state index in [2.05, 4.69) is 0 Å². The fraction of sp³-hybridized carbons (Fsp3) is 0.400. The molecular weight excluding hydrogens is 396 g/mol. The summed E-state index contributed by atoms with van der Waals surface area (Å²) in [5.41, 5.74) is 0.730. The van der Waals surface area contributed by atoms with Crippen molar-refractivity contribution in [2.45, 2.75) is 13.8 Å². The number of aliphatic hydroxyl groups excluding tert-OH is 3. The third-order valence-corrected chi connectivity index (χ3v) is 7.06. The van der Waals surface area contributed by atoms with Crippen LogP contribution in [-0.2, 0) is 4.79 Å². The van der Waals surface area contributed by atoms with E-state index in [1.807, 2.05) is 47.6 Å². The van der Waals surface area contributed by atoms with Gasteiger partial charge in [-0.25, -0.2) is 4.58 Å². The number of aliphatic hydroxyl groups is 3. The number of thiophene rings is 1. The van der Waals surface area contributed by atoms with Gasteiger partial charge in [-0.05, 0) is 43.8 Å². The van der Waals surface area contributed by atoms with Crippen LogP contribution >= 0.6 is 23.1 Å². The molecule has 1 aliphatic heterocycles. The number of hydrogen-bond donors (Lipinski definition) is 3. The predicted octanol–water partition coefficient (Wildman–Crippen LogP) is 2.40. The SMILES string of the molecule is CCN(CCO)c1ccc(C2=C(O)C(=C3C=CC(=[N+](CC)CCO)S3)C2=O)s1. The Hall–Kier alpha value is -1.87. The van der Waals surface area contributed by atoms with Crippen LogP contribution in [0.3, 0.4) is 0 Å². The highest BCUT2D eigenvalue weighted by Crippen LogP contribution is 2.45. The van der Waals surface area contributed by atoms with E-state index in [-0.39, 0.29) is 24.8 Å². The molecule has 8 heteroatoms. The molecule has 1 aromatic heterocycles. The minimum absolute atomic E-state index is 0.0437. The van der Waals surface area contributed by atoms with Gasteiger partial charge in [0.1, 0.15) is 18.9 Å². The quantitative estimate of drug-likeness (QED) is 0.442. The van der Waals surface area contributed by atoms with Gasteiger partial charge in [0.05, 0.1) is 22.8 Å². The number of carbonyl (C=O) groups excluding carboxylic acids is 1. The average Bonchev–Trinajstić information content (AvgIpc) is 3.34. The standard InChI is InChI=1S/C20H24N2O4S2/c1-3-21(9-11-23)15-7-5-13(27-15)17-19(25)18(20(17)26)14-6-8-16(28-14)22(4-2)10-12-24/h5-8,23-24H,3-4,9-12H2,1-2H3/p+1. The summed E-state index contributed by atoms with van der Waals surface area (Å²) in [6, 6.07) is 3.77. The molecule has 3 N–H and O–H groups in total. The van der Waals surface area contributed by atoms with Gasteiger partial charge in [-0.15, -0.1) is 11.3 Å². The molecule has 1 aliphatic carbocycles. The highest BCUT2D eigenvalue weighted by molar-refractivity contribution is 8.18. The summed E-state index contributed by atoms with van der Waals surface area (Å²) in [6.45, 7) is 6.75. The van der Waals surface area contributed by atoms with Gasteiger partial charge >= 0.3 is 0 Å². The summed E-state index contributed by atoms with van der Waals surface area (Å²) in [4.78, 5) is 16.3. The number of ketones is 1. The maximum atomic E-state index is 12.8. The number of allylic oxidation sites excluding steroid dienone is 3. The van der Waals surface area contributed by atoms with Crippen molar-refractivity contribution < 1.29 is 24.7 Å². The van der Waals surface area contributed by atoms with Crippen molar-refractivity contribution in [1.29, 1.82) is 0 Å². The molecule has 6 nitrogen and oxygen atoms in total. The lowest BCUT2D eigenvalue weighted by Crippen LogP contribution is -2.25. The second-order valence-corrected chi connectivity index (χ2v) is 8.43. The van der Waals surface area contributed by atoms with Crippen molar-refractivity contribution in [3.63, 3.8) is 0 Å². The second kappa shape index (κ2) is 9.09. The average molecular weight is 422 g/mol. The summed E-state index contributed by atoms with van der Waals surface area (Å²) in [6.07, 6.45) is 3.77. The van der Waals surface area contributed by atoms with Crippen LogP contribution in [-0.4, -0.2) is 70.1 Å². The lowest BCUT2D eigenvalue weighted by Gasteiger charge is -2.22. The maximum absolute atomic E-state index is 12.8. The van der Waals surface area contributed by atoms with Gasteiger partial charge in [0.2, 0.25) is 10.8 Å². The zero-order valence-electron chi connectivity index (χ0n) is 16.0. The summed E-state index contributed by atoms with van der Waals surface area (Å²) in [5, 5.41) is 30.9. The van der Waals surface area contributed by atoms with Gasteiger partial charge < -0.3 is 20.2 Å². The molecule has 28 heavy (non-hydrogen) atoms. The Morgan fingerprint density at radius 2 is 1.89 bits per heavy atom. The maximum Gasteiger partial charge on any atom is 0.239 e. The largest absolute Gasteiger partial charge is 0.506 e. The van der Waals surface area contributed by atoms with Crippen molar-refractivity contribution in [3.05, 3.63) is 45.4 Å². The topological polar surface area (TPSA) is 84.0 Å². The summed E-state index contributed by atoms with van der Waals surface area (Å²) < 4.78 is 2.03. The molecule has 0 saturated carbocycles. The van der Waals surface area contributed by atoms with Crippen molar-refractivity contribution in [2.24, 2.45) is 0 Å². The van der Waals surface area contributed by atoms with E-state index in [4.69, 9.17) is 0 Å². The van der Waals surface area contributed by atoms with Crippen LogP contribution in [0.15, 0.2) is 40.5 Å². The van der Waals surface area contributed by atoms with E-state index in [1.165, 1.54) is 23.1 Å². The smallest absolute Gasteiger partial charge is 0.239 e. The Labute approximate surface area is 172 Å². The van der Waals surface area contributed by atoms with Crippen LogP contribution in [0.1, 0.15) is 18.7 Å². The number of carbonyl (C=O) groups is 1. The molecule has 0 unspecified atom stereocenters. The molecular formula is C20H25N2O4S2+. The first-order valence-electron chi connectivity index (χ1n) is 9.32. The van der Waals surface area contributed by atoms with Crippen LogP contribution in [0.5, 0.6) is 0 Å². The number of Topliss-reactive ketones (excluding diaryl/α,β-unsaturated/α-hetero) is 1. The Morgan fingerprint density at radius 1 is 1.11 bits per heavy atom. The number of likely N-dealkylation sites (N-methyl/N-ethyl adjacent to an activating group) is 2. The lowest BCUT2D eigenvalue weighted by molar-refractivity contribution is -0.523. The highest BCUT2D eigenvalue weighted by atomic mass is 32.2. The van der Waals surface area contributed by atoms with Crippen LogP contribution in [0.4, 0.5) is 5.00 Å². The van der Waals surface area contributed by atoms with Crippen molar-refractivity contribution in [3.8, 4) is 0 Å². The van der Waals surface area contributed by atoms with Gasteiger partial charge in [0.15, 0.2) is 6.54 Å². The molecule has 0 fully saturated rings. The summed E-state index contributed by atoms with van der Waals surface area (Å²) >= 11 is 2.89. The fourth-order valence-electron chi connectivity index (χ4n) is 3.21. The molecule has 0 atom stereocenters. The molecule has 0 radical (unpaired) electrons. The van der Waals surface area contributed by atoms with E-state index in [0.29, 0.717) is 24.2 Å². The highest BCUT2D eigenvalue weighted by Gasteiger charge is 2.39. The first-order chi connectivity index (χ1) is 13.5. The van der Waals surface area contributed by atoms with Gasteiger partial charge in [-0.1, -0.05) is 0 Å². The van der Waals surface area contributed by atoms with E-state index in [9.17, 15) is 20.1 Å². The Bertz CT molecular complexity index is 896.